The molecule has 1 N–H and O–H groups in total. The minimum Gasteiger partial charge on any atom is -0.381 e. The molecule has 11 heteroatoms. The Hall–Kier alpha value is -2.73. The molecule has 8 nitrogen and oxygen atoms in total. The lowest BCUT2D eigenvalue weighted by atomic mass is 9.85. The van der Waals surface area contributed by atoms with Gasteiger partial charge in [0.2, 0.25) is 0 Å². The topological polar surface area (TPSA) is 74.7 Å². The van der Waals surface area contributed by atoms with E-state index in [4.69, 9.17) is 0 Å². The lowest BCUT2D eigenvalue weighted by Crippen LogP contribution is -2.57. The van der Waals surface area contributed by atoms with Gasteiger partial charge in [0, 0.05) is 68.2 Å². The van der Waals surface area contributed by atoms with E-state index in [-0.39, 0.29) is 12.1 Å². The summed E-state index contributed by atoms with van der Waals surface area (Å²) in [6.07, 6.45) is 6.90. The average molecular weight is 474 g/mol. The van der Waals surface area contributed by atoms with Gasteiger partial charge in [-0.2, -0.15) is 5.10 Å². The predicted octanol–water partition coefficient (Wildman–Crippen LogP) is 2.36. The number of hydrogen-bond donors (Lipinski definition) is 1. The molecule has 2 atom stereocenters. The van der Waals surface area contributed by atoms with Crippen LogP contribution < -0.4 is 0 Å². The maximum atomic E-state index is 14.8. The molecule has 3 aromatic heterocycles. The van der Waals surface area contributed by atoms with Crippen LogP contribution in [0.2, 0.25) is 0 Å². The van der Waals surface area contributed by atoms with Crippen LogP contribution in [0.15, 0.2) is 48.6 Å². The van der Waals surface area contributed by atoms with Crippen molar-refractivity contribution >= 4 is 16.3 Å². The van der Waals surface area contributed by atoms with Crippen LogP contribution in [0, 0.1) is 11.6 Å². The van der Waals surface area contributed by atoms with Crippen molar-refractivity contribution in [2.24, 2.45) is 0 Å². The zero-order chi connectivity index (χ0) is 23.0. The highest BCUT2D eigenvalue weighted by Crippen LogP contribution is 2.33. The molecule has 1 saturated heterocycles. The zero-order valence-electron chi connectivity index (χ0n) is 18.2. The molecule has 0 bridgehead atoms. The molecule has 1 aromatic carbocycles. The molecule has 1 aliphatic rings. The minimum atomic E-state index is -1.62. The second-order valence-electron chi connectivity index (χ2n) is 8.45. The van der Waals surface area contributed by atoms with Gasteiger partial charge in [0.1, 0.15) is 29.9 Å². The largest absolute Gasteiger partial charge is 0.381 e. The number of thiazole rings is 1. The summed E-state index contributed by atoms with van der Waals surface area (Å²) in [5, 5.41) is 17.9. The number of aliphatic hydroxyl groups is 1. The first-order chi connectivity index (χ1) is 15.9. The lowest BCUT2D eigenvalue weighted by Gasteiger charge is -2.44. The molecule has 33 heavy (non-hydrogen) atoms. The molecule has 0 saturated carbocycles. The second-order valence-corrected chi connectivity index (χ2v) is 9.33. The minimum absolute atomic E-state index is 0.00231. The third-order valence-corrected chi connectivity index (χ3v) is 7.21. The highest BCUT2D eigenvalue weighted by Gasteiger charge is 2.42. The Labute approximate surface area is 193 Å². The summed E-state index contributed by atoms with van der Waals surface area (Å²) >= 11 is 1.61. The number of hydrogen-bond acceptors (Lipinski definition) is 7. The summed E-state index contributed by atoms with van der Waals surface area (Å²) in [6.45, 7) is 5.62. The SMILES string of the molecule is C[C@@H](N1CCN(Cc2cn3ccsc3n2)CC1)[C@](O)(Cn1cncn1)c1ccc(F)cc1F. The van der Waals surface area contributed by atoms with Gasteiger partial charge in [-0.1, -0.05) is 6.07 Å². The molecule has 4 aromatic rings. The Bertz CT molecular complexity index is 1190. The number of rotatable bonds is 7. The first kappa shape index (κ1) is 22.1. The van der Waals surface area contributed by atoms with Crippen LogP contribution in [0.3, 0.4) is 0 Å². The normalized spacial score (nSPS) is 18.5. The molecule has 0 spiro atoms. The van der Waals surface area contributed by atoms with E-state index >= 15 is 0 Å². The lowest BCUT2D eigenvalue weighted by molar-refractivity contribution is -0.0743. The predicted molar refractivity (Wildman–Crippen MR) is 120 cm³/mol. The van der Waals surface area contributed by atoms with Crippen LogP contribution in [0.25, 0.3) is 4.96 Å². The Balaban J connectivity index is 1.31. The van der Waals surface area contributed by atoms with Gasteiger partial charge in [0.15, 0.2) is 4.96 Å². The maximum absolute atomic E-state index is 14.8. The summed E-state index contributed by atoms with van der Waals surface area (Å²) in [5.41, 5.74) is -0.547. The van der Waals surface area contributed by atoms with E-state index in [2.05, 4.69) is 31.1 Å². The van der Waals surface area contributed by atoms with Crippen molar-refractivity contribution in [2.75, 3.05) is 26.2 Å². The van der Waals surface area contributed by atoms with Crippen LogP contribution >= 0.6 is 11.3 Å². The number of imidazole rings is 1. The summed E-state index contributed by atoms with van der Waals surface area (Å²) in [7, 11) is 0. The quantitative estimate of drug-likeness (QED) is 0.444. The van der Waals surface area contributed by atoms with E-state index in [9.17, 15) is 13.9 Å². The number of halogens is 2. The molecule has 0 aliphatic carbocycles. The van der Waals surface area contributed by atoms with Crippen molar-refractivity contribution in [3.63, 3.8) is 0 Å². The summed E-state index contributed by atoms with van der Waals surface area (Å²) in [6, 6.07) is 2.85. The molecule has 4 heterocycles. The van der Waals surface area contributed by atoms with Gasteiger partial charge >= 0.3 is 0 Å². The average Bonchev–Trinajstić information content (AvgIpc) is 3.52. The van der Waals surface area contributed by atoms with Crippen LogP contribution in [-0.2, 0) is 18.7 Å². The first-order valence-corrected chi connectivity index (χ1v) is 11.7. The fraction of sp³-hybridized carbons (Fsp3) is 0.409. The van der Waals surface area contributed by atoms with Gasteiger partial charge < -0.3 is 5.11 Å². The number of aromatic nitrogens is 5. The second kappa shape index (κ2) is 8.90. The van der Waals surface area contributed by atoms with E-state index in [0.29, 0.717) is 13.1 Å². The maximum Gasteiger partial charge on any atom is 0.193 e. The molecule has 174 valence electrons. The van der Waals surface area contributed by atoms with E-state index in [0.717, 1.165) is 36.4 Å². The van der Waals surface area contributed by atoms with Crippen molar-refractivity contribution in [1.82, 2.24) is 33.9 Å². The Morgan fingerprint density at radius 2 is 2.03 bits per heavy atom. The third-order valence-electron chi connectivity index (χ3n) is 6.44. The fourth-order valence-electron chi connectivity index (χ4n) is 4.54. The number of benzene rings is 1. The molecule has 5 rings (SSSR count). The van der Waals surface area contributed by atoms with E-state index < -0.39 is 23.3 Å². The van der Waals surface area contributed by atoms with Gasteiger partial charge in [-0.15, -0.1) is 11.3 Å². The van der Waals surface area contributed by atoms with Gasteiger partial charge in [-0.05, 0) is 13.0 Å². The van der Waals surface area contributed by atoms with Crippen LogP contribution in [0.5, 0.6) is 0 Å². The van der Waals surface area contributed by atoms with E-state index in [1.807, 2.05) is 22.9 Å². The van der Waals surface area contributed by atoms with Crippen molar-refractivity contribution in [3.8, 4) is 0 Å². The Morgan fingerprint density at radius 3 is 2.73 bits per heavy atom. The number of nitrogens with zero attached hydrogens (tertiary/aromatic N) is 7. The summed E-state index contributed by atoms with van der Waals surface area (Å²) < 4.78 is 31.9. The monoisotopic (exact) mass is 473 g/mol. The first-order valence-electron chi connectivity index (χ1n) is 10.8. The summed E-state index contributed by atoms with van der Waals surface area (Å²) in [5.74, 6) is -1.46. The molecule has 1 aliphatic heterocycles. The van der Waals surface area contributed by atoms with Gasteiger partial charge in [0.05, 0.1) is 12.2 Å². The molecule has 0 unspecified atom stereocenters. The number of piperazine rings is 1. The summed E-state index contributed by atoms with van der Waals surface area (Å²) in [4.78, 5) is 14.0. The van der Waals surface area contributed by atoms with Gasteiger partial charge in [-0.3, -0.25) is 14.2 Å². The standard InChI is InChI=1S/C22H25F2N7OS/c1-16(22(32,13-31-15-25-14-26-31)19-3-2-17(23)10-20(19)24)29-6-4-28(5-7-29)11-18-12-30-8-9-33-21(30)27-18/h2-3,8-10,12,14-16,32H,4-7,11,13H2,1H3/t16-,22-/m1/s1. The molecule has 0 radical (unpaired) electrons. The Kier molecular flexibility index (Phi) is 5.95. The van der Waals surface area contributed by atoms with Crippen LogP contribution in [0.4, 0.5) is 8.78 Å². The highest BCUT2D eigenvalue weighted by molar-refractivity contribution is 7.15. The van der Waals surface area contributed by atoms with Crippen LogP contribution in [-0.4, -0.2) is 71.3 Å². The van der Waals surface area contributed by atoms with Gasteiger partial charge in [0.25, 0.3) is 0 Å². The fourth-order valence-corrected chi connectivity index (χ4v) is 5.26. The highest BCUT2D eigenvalue weighted by atomic mass is 32.1. The van der Waals surface area contributed by atoms with Crippen molar-refractivity contribution < 1.29 is 13.9 Å². The molecule has 1 fully saturated rings. The third kappa shape index (κ3) is 4.41. The zero-order valence-corrected chi connectivity index (χ0v) is 19.0. The van der Waals surface area contributed by atoms with Crippen molar-refractivity contribution in [2.45, 2.75) is 31.7 Å². The van der Waals surface area contributed by atoms with Crippen molar-refractivity contribution in [1.29, 1.82) is 0 Å². The molecule has 0 amide bonds. The van der Waals surface area contributed by atoms with Gasteiger partial charge in [-0.25, -0.2) is 23.4 Å². The molecular formula is C22H25F2N7OS. The smallest absolute Gasteiger partial charge is 0.193 e. The van der Waals surface area contributed by atoms with E-state index in [1.54, 1.807) is 11.3 Å². The van der Waals surface area contributed by atoms with E-state index in [1.165, 1.54) is 29.5 Å². The van der Waals surface area contributed by atoms with Crippen LogP contribution in [0.1, 0.15) is 18.2 Å². The van der Waals surface area contributed by atoms with Crippen molar-refractivity contribution in [3.05, 3.63) is 71.5 Å². The molecular weight excluding hydrogens is 448 g/mol. The number of fused-ring (bicyclic) bond motifs is 1. The Morgan fingerprint density at radius 1 is 1.21 bits per heavy atom.